The van der Waals surface area contributed by atoms with Crippen LogP contribution in [0, 0.1) is 5.92 Å². The van der Waals surface area contributed by atoms with Gasteiger partial charge in [-0.3, -0.25) is 0 Å². The first-order valence-corrected chi connectivity index (χ1v) is 6.06. The van der Waals surface area contributed by atoms with Crippen molar-refractivity contribution in [1.29, 1.82) is 0 Å². The van der Waals surface area contributed by atoms with Gasteiger partial charge in [0.15, 0.2) is 0 Å². The molecule has 0 spiro atoms. The molecule has 0 aliphatic carbocycles. The number of piperidine rings is 1. The van der Waals surface area contributed by atoms with Crippen molar-refractivity contribution in [3.05, 3.63) is 18.2 Å². The van der Waals surface area contributed by atoms with Crippen molar-refractivity contribution in [3.8, 4) is 0 Å². The molecule has 0 unspecified atom stereocenters. The Morgan fingerprint density at radius 2 is 2.20 bits per heavy atom. The molecule has 1 fully saturated rings. The molecular formula is C11H18ClN3. The van der Waals surface area contributed by atoms with E-state index in [0.717, 1.165) is 18.2 Å². The Labute approximate surface area is 96.0 Å². The van der Waals surface area contributed by atoms with E-state index in [1.807, 2.05) is 12.5 Å². The molecule has 0 saturated carbocycles. The summed E-state index contributed by atoms with van der Waals surface area (Å²) in [4.78, 5) is 6.54. The Balaban J connectivity index is 1.91. The Hall–Kier alpha value is -0.540. The summed E-state index contributed by atoms with van der Waals surface area (Å²) in [5.74, 6) is 1.35. The fourth-order valence-corrected chi connectivity index (χ4v) is 2.37. The van der Waals surface area contributed by atoms with Gasteiger partial charge in [0.2, 0.25) is 0 Å². The topological polar surface area (TPSA) is 21.1 Å². The van der Waals surface area contributed by atoms with Crippen LogP contribution >= 0.6 is 11.6 Å². The summed E-state index contributed by atoms with van der Waals surface area (Å²) in [5, 5.41) is 0. The summed E-state index contributed by atoms with van der Waals surface area (Å²) < 4.78 is 2.20. The van der Waals surface area contributed by atoms with Crippen molar-refractivity contribution < 1.29 is 0 Å². The van der Waals surface area contributed by atoms with Gasteiger partial charge >= 0.3 is 0 Å². The van der Waals surface area contributed by atoms with Gasteiger partial charge in [0, 0.05) is 12.7 Å². The van der Waals surface area contributed by atoms with Crippen LogP contribution in [-0.4, -0.2) is 34.6 Å². The van der Waals surface area contributed by atoms with E-state index in [4.69, 9.17) is 11.6 Å². The van der Waals surface area contributed by atoms with Crippen LogP contribution in [0.2, 0.25) is 0 Å². The predicted molar refractivity (Wildman–Crippen MR) is 62.0 cm³/mol. The van der Waals surface area contributed by atoms with E-state index in [-0.39, 0.29) is 0 Å². The zero-order chi connectivity index (χ0) is 10.7. The van der Waals surface area contributed by atoms with Crippen LogP contribution in [0.5, 0.6) is 0 Å². The summed E-state index contributed by atoms with van der Waals surface area (Å²) in [6, 6.07) is 0. The lowest BCUT2D eigenvalue weighted by Gasteiger charge is -2.29. The van der Waals surface area contributed by atoms with Crippen LogP contribution < -0.4 is 0 Å². The van der Waals surface area contributed by atoms with E-state index in [0.29, 0.717) is 5.88 Å². The van der Waals surface area contributed by atoms with E-state index in [9.17, 15) is 0 Å². The number of rotatable bonds is 3. The summed E-state index contributed by atoms with van der Waals surface area (Å²) in [7, 11) is 2.19. The summed E-state index contributed by atoms with van der Waals surface area (Å²) in [6.07, 6.45) is 6.34. The number of hydrogen-bond acceptors (Lipinski definition) is 2. The highest BCUT2D eigenvalue weighted by atomic mass is 35.5. The first kappa shape index (κ1) is 11.0. The number of nitrogens with zero attached hydrogens (tertiary/aromatic N) is 3. The van der Waals surface area contributed by atoms with Gasteiger partial charge in [0.05, 0.1) is 17.9 Å². The molecule has 15 heavy (non-hydrogen) atoms. The molecule has 0 atom stereocenters. The summed E-state index contributed by atoms with van der Waals surface area (Å²) in [5.41, 5.74) is 1.13. The minimum atomic E-state index is 0.562. The molecule has 4 heteroatoms. The molecule has 0 aromatic carbocycles. The quantitative estimate of drug-likeness (QED) is 0.737. The van der Waals surface area contributed by atoms with Crippen molar-refractivity contribution in [1.82, 2.24) is 14.5 Å². The average Bonchev–Trinajstić information content (AvgIpc) is 2.69. The lowest BCUT2D eigenvalue weighted by Crippen LogP contribution is -2.32. The number of alkyl halides is 1. The molecule has 1 aliphatic heterocycles. The highest BCUT2D eigenvalue weighted by molar-refractivity contribution is 6.16. The molecule has 0 radical (unpaired) electrons. The van der Waals surface area contributed by atoms with Crippen molar-refractivity contribution in [3.63, 3.8) is 0 Å². The molecule has 3 nitrogen and oxygen atoms in total. The van der Waals surface area contributed by atoms with Gasteiger partial charge in [-0.1, -0.05) is 0 Å². The Bertz CT molecular complexity index is 303. The molecular weight excluding hydrogens is 210 g/mol. The Kier molecular flexibility index (Phi) is 3.65. The van der Waals surface area contributed by atoms with Crippen LogP contribution in [0.1, 0.15) is 18.5 Å². The van der Waals surface area contributed by atoms with E-state index >= 15 is 0 Å². The molecule has 0 N–H and O–H groups in total. The summed E-state index contributed by atoms with van der Waals surface area (Å²) >= 11 is 5.85. The maximum absolute atomic E-state index is 5.85. The molecule has 2 rings (SSSR count). The lowest BCUT2D eigenvalue weighted by molar-refractivity contribution is 0.204. The van der Waals surface area contributed by atoms with Crippen molar-refractivity contribution in [2.45, 2.75) is 25.3 Å². The van der Waals surface area contributed by atoms with E-state index < -0.39 is 0 Å². The molecule has 84 valence electrons. The fourth-order valence-electron chi connectivity index (χ4n) is 2.15. The van der Waals surface area contributed by atoms with Crippen molar-refractivity contribution in [2.24, 2.45) is 5.92 Å². The molecule has 1 aromatic rings. The third-order valence-corrected chi connectivity index (χ3v) is 3.50. The second kappa shape index (κ2) is 4.99. The minimum Gasteiger partial charge on any atom is -0.333 e. The molecule has 0 bridgehead atoms. The van der Waals surface area contributed by atoms with Crippen molar-refractivity contribution in [2.75, 3.05) is 20.1 Å². The van der Waals surface area contributed by atoms with Crippen LogP contribution in [0.25, 0.3) is 0 Å². The number of halogens is 1. The van der Waals surface area contributed by atoms with Gasteiger partial charge in [-0.15, -0.1) is 11.6 Å². The molecule has 2 heterocycles. The third kappa shape index (κ3) is 2.73. The van der Waals surface area contributed by atoms with Gasteiger partial charge in [-0.2, -0.15) is 0 Å². The molecule has 0 amide bonds. The third-order valence-electron chi connectivity index (χ3n) is 3.23. The van der Waals surface area contributed by atoms with Gasteiger partial charge in [0.1, 0.15) is 0 Å². The highest BCUT2D eigenvalue weighted by Crippen LogP contribution is 2.19. The summed E-state index contributed by atoms with van der Waals surface area (Å²) in [6.45, 7) is 3.51. The number of likely N-dealkylation sites (tertiary alicyclic amines) is 1. The standard InChI is InChI=1S/C11H18ClN3/c1-14-4-2-10(3-5-14)8-15-9-13-7-11(15)6-12/h7,9-10H,2-6,8H2,1H3. The van der Waals surface area contributed by atoms with Crippen LogP contribution in [0.3, 0.4) is 0 Å². The van der Waals surface area contributed by atoms with E-state index in [1.165, 1.54) is 25.9 Å². The monoisotopic (exact) mass is 227 g/mol. The normalized spacial score (nSPS) is 19.6. The molecule has 1 aliphatic rings. The first-order chi connectivity index (χ1) is 7.29. The fraction of sp³-hybridized carbons (Fsp3) is 0.727. The average molecular weight is 228 g/mol. The van der Waals surface area contributed by atoms with Gasteiger partial charge in [-0.05, 0) is 38.9 Å². The van der Waals surface area contributed by atoms with E-state index in [2.05, 4.69) is 21.5 Å². The van der Waals surface area contributed by atoms with Crippen molar-refractivity contribution >= 4 is 11.6 Å². The molecule has 1 saturated heterocycles. The van der Waals surface area contributed by atoms with E-state index in [1.54, 1.807) is 0 Å². The number of hydrogen-bond donors (Lipinski definition) is 0. The highest BCUT2D eigenvalue weighted by Gasteiger charge is 2.17. The maximum Gasteiger partial charge on any atom is 0.0948 e. The zero-order valence-electron chi connectivity index (χ0n) is 9.19. The van der Waals surface area contributed by atoms with Crippen LogP contribution in [-0.2, 0) is 12.4 Å². The second-order valence-electron chi connectivity index (χ2n) is 4.42. The number of aromatic nitrogens is 2. The maximum atomic E-state index is 5.85. The van der Waals surface area contributed by atoms with Crippen LogP contribution in [0.4, 0.5) is 0 Å². The Morgan fingerprint density at radius 3 is 2.87 bits per heavy atom. The smallest absolute Gasteiger partial charge is 0.0948 e. The Morgan fingerprint density at radius 1 is 1.47 bits per heavy atom. The lowest BCUT2D eigenvalue weighted by atomic mass is 9.97. The van der Waals surface area contributed by atoms with Gasteiger partial charge in [-0.25, -0.2) is 4.98 Å². The van der Waals surface area contributed by atoms with Gasteiger partial charge < -0.3 is 9.47 Å². The second-order valence-corrected chi connectivity index (χ2v) is 4.68. The largest absolute Gasteiger partial charge is 0.333 e. The number of imidazole rings is 1. The minimum absolute atomic E-state index is 0.562. The predicted octanol–water partition coefficient (Wildman–Crippen LogP) is 1.96. The van der Waals surface area contributed by atoms with Gasteiger partial charge in [0.25, 0.3) is 0 Å². The SMILES string of the molecule is CN1CCC(Cn2cncc2CCl)CC1. The molecule has 1 aromatic heterocycles. The van der Waals surface area contributed by atoms with Crippen LogP contribution in [0.15, 0.2) is 12.5 Å². The zero-order valence-corrected chi connectivity index (χ0v) is 9.95. The first-order valence-electron chi connectivity index (χ1n) is 5.53.